The molecule has 2 aliphatic heterocycles. The van der Waals surface area contributed by atoms with Gasteiger partial charge >= 0.3 is 5.97 Å². The number of hydrogen-bond acceptors (Lipinski definition) is 5. The van der Waals surface area contributed by atoms with Gasteiger partial charge in [0.2, 0.25) is 0 Å². The maximum atomic E-state index is 13.2. The third-order valence-corrected chi connectivity index (χ3v) is 7.38. The van der Waals surface area contributed by atoms with Crippen LogP contribution in [0.3, 0.4) is 0 Å². The first-order chi connectivity index (χ1) is 14.1. The van der Waals surface area contributed by atoms with E-state index in [0.29, 0.717) is 18.6 Å². The zero-order valence-corrected chi connectivity index (χ0v) is 18.2. The van der Waals surface area contributed by atoms with E-state index in [1.165, 1.54) is 5.56 Å². The number of nitrogens with zero attached hydrogens (tertiary/aromatic N) is 2. The lowest BCUT2D eigenvalue weighted by molar-refractivity contribution is -0.170. The molecule has 0 unspecified atom stereocenters. The number of hydrogen-bond donors (Lipinski definition) is 0. The molecule has 0 spiro atoms. The number of likely N-dealkylation sites (tertiary alicyclic amines) is 1. The molecule has 0 radical (unpaired) electrons. The Morgan fingerprint density at radius 2 is 1.97 bits per heavy atom. The van der Waals surface area contributed by atoms with Gasteiger partial charge < -0.3 is 9.47 Å². The molecule has 0 aromatic heterocycles. The Balaban J connectivity index is 1.48. The minimum absolute atomic E-state index is 0.0197. The number of carbonyl (C=O) groups excluding carboxylic acids is 1. The van der Waals surface area contributed by atoms with Crippen molar-refractivity contribution in [2.24, 2.45) is 11.3 Å². The van der Waals surface area contributed by atoms with Crippen LogP contribution in [0.1, 0.15) is 38.2 Å². The topological polar surface area (TPSA) is 42.0 Å². The summed E-state index contributed by atoms with van der Waals surface area (Å²) < 4.78 is 11.2. The number of halogens is 1. The molecule has 2 saturated heterocycles. The Hall–Kier alpha value is -1.14. The molecule has 1 aromatic carbocycles. The van der Waals surface area contributed by atoms with Gasteiger partial charge in [0.15, 0.2) is 0 Å². The number of benzene rings is 1. The average molecular weight is 421 g/mol. The van der Waals surface area contributed by atoms with Crippen molar-refractivity contribution in [2.45, 2.75) is 45.2 Å². The van der Waals surface area contributed by atoms with E-state index in [9.17, 15) is 4.79 Å². The summed E-state index contributed by atoms with van der Waals surface area (Å²) >= 11 is 6.04. The molecule has 1 saturated carbocycles. The monoisotopic (exact) mass is 420 g/mol. The van der Waals surface area contributed by atoms with Gasteiger partial charge in [-0.15, -0.1) is 0 Å². The predicted molar refractivity (Wildman–Crippen MR) is 114 cm³/mol. The summed E-state index contributed by atoms with van der Waals surface area (Å²) in [5.74, 6) is 0.427. The molecule has 160 valence electrons. The first kappa shape index (κ1) is 21.1. The van der Waals surface area contributed by atoms with Crippen LogP contribution in [0.4, 0.5) is 0 Å². The summed E-state index contributed by atoms with van der Waals surface area (Å²) in [6, 6.07) is 8.63. The zero-order valence-electron chi connectivity index (χ0n) is 17.4. The van der Waals surface area contributed by atoms with Crippen molar-refractivity contribution < 1.29 is 14.3 Å². The van der Waals surface area contributed by atoms with E-state index in [1.54, 1.807) is 0 Å². The lowest BCUT2D eigenvalue weighted by Gasteiger charge is -2.52. The Morgan fingerprint density at radius 1 is 1.21 bits per heavy atom. The molecular weight excluding hydrogens is 388 g/mol. The van der Waals surface area contributed by atoms with Crippen LogP contribution in [0.5, 0.6) is 0 Å². The first-order valence-electron chi connectivity index (χ1n) is 11.1. The van der Waals surface area contributed by atoms with Crippen molar-refractivity contribution >= 4 is 17.6 Å². The number of piperidine rings is 1. The molecular formula is C23H33ClN2O3. The Labute approximate surface area is 179 Å². The van der Waals surface area contributed by atoms with Crippen molar-refractivity contribution in [1.82, 2.24) is 9.80 Å². The van der Waals surface area contributed by atoms with Gasteiger partial charge in [-0.3, -0.25) is 14.6 Å². The summed E-state index contributed by atoms with van der Waals surface area (Å²) in [5, 5.41) is 0.761. The highest BCUT2D eigenvalue weighted by atomic mass is 35.5. The molecule has 4 rings (SSSR count). The van der Waals surface area contributed by atoms with Gasteiger partial charge in [-0.05, 0) is 62.8 Å². The van der Waals surface area contributed by atoms with E-state index in [4.69, 9.17) is 21.1 Å². The van der Waals surface area contributed by atoms with Gasteiger partial charge in [-0.25, -0.2) is 0 Å². The third kappa shape index (κ3) is 4.63. The molecule has 3 aliphatic rings. The molecule has 1 aliphatic carbocycles. The van der Waals surface area contributed by atoms with Gasteiger partial charge in [0.25, 0.3) is 0 Å². The number of rotatable bonds is 5. The predicted octanol–water partition coefficient (Wildman–Crippen LogP) is 3.60. The van der Waals surface area contributed by atoms with Crippen LogP contribution in [0.2, 0.25) is 5.02 Å². The van der Waals surface area contributed by atoms with E-state index in [0.717, 1.165) is 76.6 Å². The zero-order chi connectivity index (χ0) is 20.3. The first-order valence-corrected chi connectivity index (χ1v) is 11.4. The summed E-state index contributed by atoms with van der Waals surface area (Å²) in [5.41, 5.74) is 0.887. The highest BCUT2D eigenvalue weighted by molar-refractivity contribution is 6.30. The van der Waals surface area contributed by atoms with Crippen LogP contribution < -0.4 is 0 Å². The van der Waals surface area contributed by atoms with Gasteiger partial charge in [0.1, 0.15) is 0 Å². The molecule has 0 bridgehead atoms. The average Bonchev–Trinajstić information content (AvgIpc) is 2.75. The second-order valence-electron chi connectivity index (χ2n) is 8.78. The van der Waals surface area contributed by atoms with Crippen molar-refractivity contribution in [2.75, 3.05) is 46.0 Å². The molecule has 0 amide bonds. The molecule has 5 nitrogen and oxygen atoms in total. The van der Waals surface area contributed by atoms with Crippen LogP contribution >= 0.6 is 11.6 Å². The number of carbonyl (C=O) groups is 1. The van der Waals surface area contributed by atoms with Crippen molar-refractivity contribution in [3.63, 3.8) is 0 Å². The smallest absolute Gasteiger partial charge is 0.313 e. The van der Waals surface area contributed by atoms with Crippen LogP contribution in [0.25, 0.3) is 0 Å². The second-order valence-corrected chi connectivity index (χ2v) is 9.21. The SMILES string of the molecule is CCOC(=O)[C@@]12CC[C@@H](N3CCOCC3)C[C@H]1CCN(Cc1ccc(Cl)cc1)C2. The maximum absolute atomic E-state index is 13.2. The van der Waals surface area contributed by atoms with Crippen LogP contribution in [0, 0.1) is 11.3 Å². The highest BCUT2D eigenvalue weighted by Gasteiger charge is 2.53. The van der Waals surface area contributed by atoms with E-state index in [1.807, 2.05) is 19.1 Å². The maximum Gasteiger partial charge on any atom is 0.313 e. The van der Waals surface area contributed by atoms with E-state index < -0.39 is 0 Å². The summed E-state index contributed by atoms with van der Waals surface area (Å²) in [6.45, 7) is 8.77. The van der Waals surface area contributed by atoms with Crippen molar-refractivity contribution in [3.05, 3.63) is 34.9 Å². The standard InChI is InChI=1S/C23H33ClN2O3/c1-2-29-22(27)23-9-7-21(26-11-13-28-14-12-26)15-19(23)8-10-25(17-23)16-18-3-5-20(24)6-4-18/h3-6,19,21H,2,7-17H2,1H3/t19-,21-,23-/m1/s1. The summed E-state index contributed by atoms with van der Waals surface area (Å²) in [4.78, 5) is 18.2. The minimum Gasteiger partial charge on any atom is -0.466 e. The molecule has 3 atom stereocenters. The molecule has 2 heterocycles. The summed E-state index contributed by atoms with van der Waals surface area (Å²) in [6.07, 6.45) is 4.17. The minimum atomic E-state index is -0.358. The van der Waals surface area contributed by atoms with E-state index in [2.05, 4.69) is 21.9 Å². The van der Waals surface area contributed by atoms with E-state index in [-0.39, 0.29) is 11.4 Å². The Kier molecular flexibility index (Phi) is 6.80. The normalized spacial score (nSPS) is 31.2. The molecule has 3 fully saturated rings. The highest BCUT2D eigenvalue weighted by Crippen LogP contribution is 2.48. The van der Waals surface area contributed by atoms with Crippen molar-refractivity contribution in [3.8, 4) is 0 Å². The number of ether oxygens (including phenoxy) is 2. The lowest BCUT2D eigenvalue weighted by atomic mass is 9.61. The molecule has 6 heteroatoms. The lowest BCUT2D eigenvalue weighted by Crippen LogP contribution is -2.58. The molecule has 29 heavy (non-hydrogen) atoms. The second kappa shape index (κ2) is 9.34. The molecule has 0 N–H and O–H groups in total. The van der Waals surface area contributed by atoms with Gasteiger partial charge in [0, 0.05) is 37.2 Å². The van der Waals surface area contributed by atoms with E-state index >= 15 is 0 Å². The van der Waals surface area contributed by atoms with Gasteiger partial charge in [-0.1, -0.05) is 23.7 Å². The number of fused-ring (bicyclic) bond motifs is 1. The Morgan fingerprint density at radius 3 is 2.69 bits per heavy atom. The van der Waals surface area contributed by atoms with Gasteiger partial charge in [0.05, 0.1) is 25.2 Å². The van der Waals surface area contributed by atoms with Gasteiger partial charge in [-0.2, -0.15) is 0 Å². The van der Waals surface area contributed by atoms with Crippen molar-refractivity contribution in [1.29, 1.82) is 0 Å². The van der Waals surface area contributed by atoms with Crippen LogP contribution in [-0.4, -0.2) is 67.8 Å². The summed E-state index contributed by atoms with van der Waals surface area (Å²) in [7, 11) is 0. The number of esters is 1. The largest absolute Gasteiger partial charge is 0.466 e. The third-order valence-electron chi connectivity index (χ3n) is 7.12. The fraction of sp³-hybridized carbons (Fsp3) is 0.696. The quantitative estimate of drug-likeness (QED) is 0.681. The Bertz CT molecular complexity index is 692. The van der Waals surface area contributed by atoms with Crippen LogP contribution in [0.15, 0.2) is 24.3 Å². The van der Waals surface area contributed by atoms with Crippen LogP contribution in [-0.2, 0) is 20.8 Å². The fourth-order valence-electron chi connectivity index (χ4n) is 5.58. The molecule has 1 aromatic rings. The fourth-order valence-corrected chi connectivity index (χ4v) is 5.71. The number of morpholine rings is 1.